The highest BCUT2D eigenvalue weighted by atomic mass is 35.5. The summed E-state index contributed by atoms with van der Waals surface area (Å²) in [5.41, 5.74) is -0.358. The van der Waals surface area contributed by atoms with E-state index in [1.54, 1.807) is 0 Å². The fraction of sp³-hybridized carbons (Fsp3) is 0.154. The van der Waals surface area contributed by atoms with Gasteiger partial charge in [-0.25, -0.2) is 14.4 Å². The average molecular weight is 314 g/mol. The molecule has 1 aromatic rings. The Kier molecular flexibility index (Phi) is 5.74. The van der Waals surface area contributed by atoms with Gasteiger partial charge in [-0.3, -0.25) is 0 Å². The number of benzene rings is 1. The van der Waals surface area contributed by atoms with Crippen LogP contribution >= 0.6 is 11.6 Å². The lowest BCUT2D eigenvalue weighted by molar-refractivity contribution is -0.138. The molecule has 0 radical (unpaired) electrons. The quantitative estimate of drug-likeness (QED) is 0.629. The van der Waals surface area contributed by atoms with Crippen LogP contribution in [0, 0.1) is 0 Å². The van der Waals surface area contributed by atoms with Crippen molar-refractivity contribution in [2.24, 2.45) is 0 Å². The van der Waals surface area contributed by atoms with Gasteiger partial charge >= 0.3 is 17.9 Å². The Balaban J connectivity index is 3.21. The molecule has 0 saturated heterocycles. The topological polar surface area (TPSA) is 102 Å². The summed E-state index contributed by atoms with van der Waals surface area (Å²) in [6.45, 7) is 0. The van der Waals surface area contributed by atoms with Gasteiger partial charge in [-0.15, -0.1) is 0 Å². The van der Waals surface area contributed by atoms with Gasteiger partial charge in [-0.2, -0.15) is 0 Å². The highest BCUT2D eigenvalue weighted by Gasteiger charge is 2.17. The van der Waals surface area contributed by atoms with E-state index in [1.165, 1.54) is 18.2 Å². The predicted molar refractivity (Wildman–Crippen MR) is 74.1 cm³/mol. The smallest absolute Gasteiger partial charge is 0.354 e. The van der Waals surface area contributed by atoms with Crippen molar-refractivity contribution in [1.82, 2.24) is 0 Å². The third kappa shape index (κ3) is 4.50. The normalized spacial score (nSPS) is 10.7. The number of carboxylic acids is 1. The third-order valence-corrected chi connectivity index (χ3v) is 2.59. The van der Waals surface area contributed by atoms with E-state index in [0.717, 1.165) is 20.3 Å². The number of nitrogens with one attached hydrogen (secondary N) is 1. The van der Waals surface area contributed by atoms with Crippen LogP contribution in [0.15, 0.2) is 30.0 Å². The minimum atomic E-state index is -1.25. The van der Waals surface area contributed by atoms with E-state index in [0.29, 0.717) is 0 Å². The molecule has 0 aliphatic carbocycles. The molecular formula is C13H12ClNO6. The molecule has 0 amide bonds. The first-order valence-electron chi connectivity index (χ1n) is 5.57. The fourth-order valence-electron chi connectivity index (χ4n) is 1.38. The van der Waals surface area contributed by atoms with Crippen LogP contribution in [-0.4, -0.2) is 37.2 Å². The molecule has 0 heterocycles. The first kappa shape index (κ1) is 16.5. The number of ether oxygens (including phenoxy) is 2. The molecule has 0 fully saturated rings. The fourth-order valence-corrected chi connectivity index (χ4v) is 1.55. The predicted octanol–water partition coefficient (Wildman–Crippen LogP) is 1.68. The number of halogens is 1. The van der Waals surface area contributed by atoms with Gasteiger partial charge in [0.1, 0.15) is 5.70 Å². The van der Waals surface area contributed by atoms with Crippen LogP contribution in [0.5, 0.6) is 0 Å². The van der Waals surface area contributed by atoms with Crippen LogP contribution in [0.25, 0.3) is 0 Å². The van der Waals surface area contributed by atoms with Crippen molar-refractivity contribution >= 4 is 35.2 Å². The van der Waals surface area contributed by atoms with Crippen molar-refractivity contribution in [3.8, 4) is 0 Å². The Morgan fingerprint density at radius 1 is 1.24 bits per heavy atom. The SMILES string of the molecule is COC(=O)C=C(Nc1ccc(Cl)cc1C(=O)O)C(=O)OC. The largest absolute Gasteiger partial charge is 0.478 e. The number of hydrogen-bond donors (Lipinski definition) is 2. The molecule has 0 bridgehead atoms. The van der Waals surface area contributed by atoms with E-state index < -0.39 is 17.9 Å². The van der Waals surface area contributed by atoms with Crippen molar-refractivity contribution in [3.63, 3.8) is 0 Å². The van der Waals surface area contributed by atoms with Crippen LogP contribution in [0.2, 0.25) is 5.02 Å². The number of carbonyl (C=O) groups excluding carboxylic acids is 2. The van der Waals surface area contributed by atoms with Gasteiger partial charge in [0, 0.05) is 5.02 Å². The van der Waals surface area contributed by atoms with E-state index in [9.17, 15) is 14.4 Å². The number of anilines is 1. The summed E-state index contributed by atoms with van der Waals surface area (Å²) in [5, 5.41) is 11.8. The van der Waals surface area contributed by atoms with E-state index in [2.05, 4.69) is 14.8 Å². The highest BCUT2D eigenvalue weighted by Crippen LogP contribution is 2.22. The molecule has 0 spiro atoms. The summed E-state index contributed by atoms with van der Waals surface area (Å²) in [6, 6.07) is 4.00. The van der Waals surface area contributed by atoms with Crippen LogP contribution in [0.4, 0.5) is 5.69 Å². The molecule has 0 aliphatic heterocycles. The van der Waals surface area contributed by atoms with Gasteiger partial charge in [0.2, 0.25) is 0 Å². The second kappa shape index (κ2) is 7.30. The molecule has 0 unspecified atom stereocenters. The number of carboxylic acid groups (broad SMARTS) is 1. The molecule has 0 aliphatic rings. The number of esters is 2. The first-order chi connectivity index (χ1) is 9.88. The summed E-state index contributed by atoms with van der Waals surface area (Å²) >= 11 is 5.72. The van der Waals surface area contributed by atoms with Crippen molar-refractivity contribution in [2.75, 3.05) is 19.5 Å². The molecule has 0 aromatic heterocycles. The van der Waals surface area contributed by atoms with Gasteiger partial charge in [0.05, 0.1) is 31.5 Å². The molecule has 1 aromatic carbocycles. The Bertz CT molecular complexity index is 611. The monoisotopic (exact) mass is 313 g/mol. The third-order valence-electron chi connectivity index (χ3n) is 2.35. The number of hydrogen-bond acceptors (Lipinski definition) is 6. The van der Waals surface area contributed by atoms with Gasteiger partial charge in [-0.1, -0.05) is 11.6 Å². The maximum absolute atomic E-state index is 11.6. The number of rotatable bonds is 5. The van der Waals surface area contributed by atoms with Gasteiger partial charge < -0.3 is 19.9 Å². The summed E-state index contributed by atoms with van der Waals surface area (Å²) in [6.07, 6.45) is 0.853. The molecule has 0 saturated carbocycles. The van der Waals surface area contributed by atoms with Crippen molar-refractivity contribution < 1.29 is 29.0 Å². The molecule has 2 N–H and O–H groups in total. The number of carbonyl (C=O) groups is 3. The lowest BCUT2D eigenvalue weighted by Crippen LogP contribution is -2.17. The lowest BCUT2D eigenvalue weighted by atomic mass is 10.1. The van der Waals surface area contributed by atoms with Crippen LogP contribution in [-0.2, 0) is 19.1 Å². The van der Waals surface area contributed by atoms with Crippen molar-refractivity contribution in [2.45, 2.75) is 0 Å². The van der Waals surface area contributed by atoms with Crippen LogP contribution < -0.4 is 5.32 Å². The zero-order chi connectivity index (χ0) is 16.0. The van der Waals surface area contributed by atoms with Crippen LogP contribution in [0.3, 0.4) is 0 Å². The second-order valence-corrected chi connectivity index (χ2v) is 4.13. The molecule has 7 nitrogen and oxygen atoms in total. The van der Waals surface area contributed by atoms with E-state index >= 15 is 0 Å². The summed E-state index contributed by atoms with van der Waals surface area (Å²) < 4.78 is 8.91. The standard InChI is InChI=1S/C13H12ClNO6/c1-20-11(16)6-10(13(19)21-2)15-9-4-3-7(14)5-8(9)12(17)18/h3-6,15H,1-2H3,(H,17,18). The average Bonchev–Trinajstić information content (AvgIpc) is 2.46. The lowest BCUT2D eigenvalue weighted by Gasteiger charge is -2.11. The van der Waals surface area contributed by atoms with Crippen LogP contribution in [0.1, 0.15) is 10.4 Å². The number of methoxy groups -OCH3 is 2. The van der Waals surface area contributed by atoms with Gasteiger partial charge in [0.25, 0.3) is 0 Å². The second-order valence-electron chi connectivity index (χ2n) is 3.69. The Morgan fingerprint density at radius 2 is 1.90 bits per heavy atom. The van der Waals surface area contributed by atoms with Gasteiger partial charge in [0.15, 0.2) is 0 Å². The van der Waals surface area contributed by atoms with E-state index in [1.807, 2.05) is 0 Å². The number of aromatic carboxylic acids is 1. The molecular weight excluding hydrogens is 302 g/mol. The summed E-state index contributed by atoms with van der Waals surface area (Å²) in [7, 11) is 2.26. The minimum absolute atomic E-state index is 0.0763. The summed E-state index contributed by atoms with van der Waals surface area (Å²) in [5.74, 6) is -2.90. The molecule has 8 heteroatoms. The van der Waals surface area contributed by atoms with Crippen molar-refractivity contribution in [1.29, 1.82) is 0 Å². The van der Waals surface area contributed by atoms with Crippen molar-refractivity contribution in [3.05, 3.63) is 40.6 Å². The van der Waals surface area contributed by atoms with Gasteiger partial charge in [-0.05, 0) is 18.2 Å². The molecule has 1 rings (SSSR count). The highest BCUT2D eigenvalue weighted by molar-refractivity contribution is 6.31. The molecule has 21 heavy (non-hydrogen) atoms. The summed E-state index contributed by atoms with van der Waals surface area (Å²) in [4.78, 5) is 34.0. The molecule has 112 valence electrons. The first-order valence-corrected chi connectivity index (χ1v) is 5.94. The minimum Gasteiger partial charge on any atom is -0.478 e. The zero-order valence-electron chi connectivity index (χ0n) is 11.2. The Hall–Kier alpha value is -2.54. The van der Waals surface area contributed by atoms with E-state index in [4.69, 9.17) is 16.7 Å². The maximum atomic E-state index is 11.6. The Morgan fingerprint density at radius 3 is 2.43 bits per heavy atom. The molecule has 0 atom stereocenters. The zero-order valence-corrected chi connectivity index (χ0v) is 11.9. The Labute approximate surface area is 125 Å². The maximum Gasteiger partial charge on any atom is 0.354 e. The van der Waals surface area contributed by atoms with E-state index in [-0.39, 0.29) is 22.0 Å².